The van der Waals surface area contributed by atoms with Gasteiger partial charge < -0.3 is 10.2 Å². The lowest BCUT2D eigenvalue weighted by molar-refractivity contribution is 0.543. The first kappa shape index (κ1) is 18.9. The van der Waals surface area contributed by atoms with Crippen LogP contribution in [0.15, 0.2) is 84.4 Å². The molecule has 2 aromatic rings. The summed E-state index contributed by atoms with van der Waals surface area (Å²) in [5.41, 5.74) is 1.91. The van der Waals surface area contributed by atoms with Crippen LogP contribution in [0.25, 0.3) is 5.70 Å². The maximum absolute atomic E-state index is 13.2. The van der Waals surface area contributed by atoms with Gasteiger partial charge in [0.15, 0.2) is 9.84 Å². The second-order valence-corrected chi connectivity index (χ2v) is 8.57. The number of nitrogens with one attached hydrogen (secondary N) is 1. The van der Waals surface area contributed by atoms with Gasteiger partial charge in [0.2, 0.25) is 0 Å². The van der Waals surface area contributed by atoms with Gasteiger partial charge in [-0.25, -0.2) is 12.8 Å². The molecule has 0 aromatic heterocycles. The first-order valence-electron chi connectivity index (χ1n) is 8.39. The lowest BCUT2D eigenvalue weighted by Crippen LogP contribution is -2.47. The third-order valence-corrected chi connectivity index (χ3v) is 5.53. The number of nitrogens with zero attached hydrogens (tertiary/aromatic N) is 1. The Labute approximate surface area is 159 Å². The summed E-state index contributed by atoms with van der Waals surface area (Å²) in [4.78, 5) is 2.27. The SMILES string of the molecule is C=C/C=C/C1(C)NC(c2ccc(F)cc2)=CN1c1ccc(S(C)(=O)=O)cc1. The summed E-state index contributed by atoms with van der Waals surface area (Å²) in [6, 6.07) is 13.0. The van der Waals surface area contributed by atoms with Gasteiger partial charge in [-0.15, -0.1) is 0 Å². The molecular formula is C21H21FN2O2S. The maximum atomic E-state index is 13.2. The third kappa shape index (κ3) is 3.95. The number of sulfone groups is 1. The summed E-state index contributed by atoms with van der Waals surface area (Å²) in [5.74, 6) is -0.292. The van der Waals surface area contributed by atoms with Crippen LogP contribution in [0.5, 0.6) is 0 Å². The summed E-state index contributed by atoms with van der Waals surface area (Å²) in [5, 5.41) is 3.44. The highest BCUT2D eigenvalue weighted by molar-refractivity contribution is 7.90. The van der Waals surface area contributed by atoms with Crippen molar-refractivity contribution in [2.24, 2.45) is 0 Å². The first-order chi connectivity index (χ1) is 12.7. The Morgan fingerprint density at radius 1 is 1.11 bits per heavy atom. The van der Waals surface area contributed by atoms with Gasteiger partial charge in [0, 0.05) is 18.1 Å². The van der Waals surface area contributed by atoms with Gasteiger partial charge in [0.05, 0.1) is 10.6 Å². The molecule has 1 atom stereocenters. The van der Waals surface area contributed by atoms with Crippen LogP contribution in [0.4, 0.5) is 10.1 Å². The number of hydrogen-bond acceptors (Lipinski definition) is 4. The summed E-state index contributed by atoms with van der Waals surface area (Å²) >= 11 is 0. The van der Waals surface area contributed by atoms with Crippen molar-refractivity contribution in [2.75, 3.05) is 11.2 Å². The van der Waals surface area contributed by atoms with Crippen molar-refractivity contribution in [2.45, 2.75) is 17.5 Å². The minimum absolute atomic E-state index is 0.268. The topological polar surface area (TPSA) is 49.4 Å². The van der Waals surface area contributed by atoms with E-state index in [2.05, 4.69) is 11.9 Å². The van der Waals surface area contributed by atoms with E-state index in [4.69, 9.17) is 0 Å². The van der Waals surface area contributed by atoms with Crippen LogP contribution in [0.2, 0.25) is 0 Å². The van der Waals surface area contributed by atoms with E-state index in [9.17, 15) is 12.8 Å². The molecule has 0 saturated heterocycles. The summed E-state index contributed by atoms with van der Waals surface area (Å²) in [6.45, 7) is 5.71. The molecule has 0 saturated carbocycles. The average Bonchev–Trinajstić information content (AvgIpc) is 2.98. The number of allylic oxidation sites excluding steroid dienone is 2. The molecule has 0 amide bonds. The van der Waals surface area contributed by atoms with Crippen LogP contribution >= 0.6 is 0 Å². The molecule has 4 nitrogen and oxygen atoms in total. The molecule has 0 radical (unpaired) electrons. The van der Waals surface area contributed by atoms with Crippen LogP contribution in [-0.2, 0) is 9.84 Å². The second-order valence-electron chi connectivity index (χ2n) is 6.55. The minimum atomic E-state index is -3.26. The van der Waals surface area contributed by atoms with E-state index in [0.717, 1.165) is 16.9 Å². The van der Waals surface area contributed by atoms with Gasteiger partial charge in [-0.1, -0.05) is 18.7 Å². The fourth-order valence-electron chi connectivity index (χ4n) is 2.98. The van der Waals surface area contributed by atoms with E-state index in [0.29, 0.717) is 0 Å². The molecule has 1 N–H and O–H groups in total. The highest BCUT2D eigenvalue weighted by atomic mass is 32.2. The predicted octanol–water partition coefficient (Wildman–Crippen LogP) is 4.10. The Hall–Kier alpha value is -2.86. The predicted molar refractivity (Wildman–Crippen MR) is 107 cm³/mol. The second kappa shape index (κ2) is 7.04. The molecule has 1 heterocycles. The molecule has 0 spiro atoms. The average molecular weight is 384 g/mol. The van der Waals surface area contributed by atoms with Crippen molar-refractivity contribution in [3.8, 4) is 0 Å². The summed E-state index contributed by atoms with van der Waals surface area (Å²) < 4.78 is 36.7. The van der Waals surface area contributed by atoms with Crippen LogP contribution in [-0.4, -0.2) is 20.3 Å². The molecule has 140 valence electrons. The molecule has 0 bridgehead atoms. The van der Waals surface area contributed by atoms with Gasteiger partial charge >= 0.3 is 0 Å². The highest BCUT2D eigenvalue weighted by Gasteiger charge is 2.35. The quantitative estimate of drug-likeness (QED) is 0.789. The van der Waals surface area contributed by atoms with Gasteiger partial charge in [-0.05, 0) is 67.1 Å². The monoisotopic (exact) mass is 384 g/mol. The first-order valence-corrected chi connectivity index (χ1v) is 10.3. The Morgan fingerprint density at radius 2 is 1.74 bits per heavy atom. The van der Waals surface area contributed by atoms with Crippen molar-refractivity contribution >= 4 is 21.2 Å². The molecule has 6 heteroatoms. The number of anilines is 1. The normalized spacial score (nSPS) is 19.8. The molecular weight excluding hydrogens is 363 g/mol. The van der Waals surface area contributed by atoms with E-state index in [1.807, 2.05) is 30.2 Å². The van der Waals surface area contributed by atoms with Gasteiger partial charge in [-0.3, -0.25) is 0 Å². The summed E-state index contributed by atoms with van der Waals surface area (Å²) in [6.07, 6.45) is 8.59. The zero-order valence-corrected chi connectivity index (χ0v) is 16.0. The highest BCUT2D eigenvalue weighted by Crippen LogP contribution is 2.34. The van der Waals surface area contributed by atoms with E-state index < -0.39 is 15.5 Å². The molecule has 27 heavy (non-hydrogen) atoms. The van der Waals surface area contributed by atoms with E-state index in [1.165, 1.54) is 18.4 Å². The summed E-state index contributed by atoms with van der Waals surface area (Å²) in [7, 11) is -3.26. The molecule has 0 aliphatic carbocycles. The van der Waals surface area contributed by atoms with E-state index in [1.54, 1.807) is 42.5 Å². The third-order valence-electron chi connectivity index (χ3n) is 4.40. The number of halogens is 1. The van der Waals surface area contributed by atoms with Crippen LogP contribution < -0.4 is 10.2 Å². The molecule has 1 aliphatic heterocycles. The van der Waals surface area contributed by atoms with Gasteiger partial charge in [0.1, 0.15) is 11.5 Å². The Balaban J connectivity index is 2.03. The van der Waals surface area contributed by atoms with E-state index >= 15 is 0 Å². The molecule has 1 aliphatic rings. The smallest absolute Gasteiger partial charge is 0.175 e. The lowest BCUT2D eigenvalue weighted by Gasteiger charge is -2.34. The molecule has 2 aromatic carbocycles. The zero-order chi connectivity index (χ0) is 19.7. The minimum Gasteiger partial charge on any atom is -0.358 e. The fourth-order valence-corrected chi connectivity index (χ4v) is 3.61. The standard InChI is InChI=1S/C21H21FN2O2S/c1-4-5-14-21(2)23-20(16-6-8-17(22)9-7-16)15-24(21)18-10-12-19(13-11-18)27(3,25)26/h4-15,23H,1H2,2-3H3/b14-5+. The van der Waals surface area contributed by atoms with Gasteiger partial charge in [0.25, 0.3) is 0 Å². The molecule has 1 unspecified atom stereocenters. The largest absolute Gasteiger partial charge is 0.358 e. The number of rotatable bonds is 5. The number of hydrogen-bond donors (Lipinski definition) is 1. The number of benzene rings is 2. The van der Waals surface area contributed by atoms with Crippen molar-refractivity contribution in [3.05, 3.63) is 90.9 Å². The molecule has 0 fully saturated rings. The zero-order valence-electron chi connectivity index (χ0n) is 15.2. The fraction of sp³-hybridized carbons (Fsp3) is 0.143. The van der Waals surface area contributed by atoms with Crippen LogP contribution in [0.3, 0.4) is 0 Å². The molecule has 3 rings (SSSR count). The van der Waals surface area contributed by atoms with Gasteiger partial charge in [-0.2, -0.15) is 0 Å². The maximum Gasteiger partial charge on any atom is 0.175 e. The van der Waals surface area contributed by atoms with Crippen molar-refractivity contribution in [1.29, 1.82) is 0 Å². The van der Waals surface area contributed by atoms with E-state index in [-0.39, 0.29) is 10.7 Å². The Morgan fingerprint density at radius 3 is 2.30 bits per heavy atom. The van der Waals surface area contributed by atoms with Crippen molar-refractivity contribution in [3.63, 3.8) is 0 Å². The Kier molecular flexibility index (Phi) is 4.93. The van der Waals surface area contributed by atoms with Crippen molar-refractivity contribution in [1.82, 2.24) is 5.32 Å². The Bertz CT molecular complexity index is 1010. The lowest BCUT2D eigenvalue weighted by atomic mass is 10.1. The van der Waals surface area contributed by atoms with Crippen molar-refractivity contribution < 1.29 is 12.8 Å². The van der Waals surface area contributed by atoms with Crippen LogP contribution in [0, 0.1) is 5.82 Å². The van der Waals surface area contributed by atoms with Crippen LogP contribution in [0.1, 0.15) is 12.5 Å².